The summed E-state index contributed by atoms with van der Waals surface area (Å²) in [4.78, 5) is 11.9. The number of nitrogens with zero attached hydrogens (tertiary/aromatic N) is 2. The van der Waals surface area contributed by atoms with Crippen LogP contribution >= 0.6 is 11.3 Å². The van der Waals surface area contributed by atoms with Crippen molar-refractivity contribution in [1.82, 2.24) is 8.87 Å². The summed E-state index contributed by atoms with van der Waals surface area (Å²) in [6, 6.07) is 8.59. The zero-order chi connectivity index (χ0) is 23.8. The zero-order valence-corrected chi connectivity index (χ0v) is 20.7. The van der Waals surface area contributed by atoms with Crippen LogP contribution in [0.15, 0.2) is 51.0 Å². The van der Waals surface area contributed by atoms with E-state index in [4.69, 9.17) is 4.74 Å². The quantitative estimate of drug-likeness (QED) is 0.521. The van der Waals surface area contributed by atoms with Gasteiger partial charge in [-0.3, -0.25) is 14.1 Å². The lowest BCUT2D eigenvalue weighted by atomic mass is 10.2. The molecule has 0 unspecified atom stereocenters. The number of benzene rings is 2. The molecule has 0 aliphatic carbocycles. The Bertz CT molecular complexity index is 1450. The summed E-state index contributed by atoms with van der Waals surface area (Å²) in [5, 5.41) is 0. The van der Waals surface area contributed by atoms with Gasteiger partial charge in [0, 0.05) is 19.6 Å². The van der Waals surface area contributed by atoms with E-state index in [1.165, 1.54) is 41.7 Å². The average molecular weight is 512 g/mol. The van der Waals surface area contributed by atoms with Crippen molar-refractivity contribution in [2.24, 2.45) is 0 Å². The van der Waals surface area contributed by atoms with Crippen molar-refractivity contribution in [3.63, 3.8) is 0 Å². The first-order chi connectivity index (χ1) is 15.7. The number of ether oxygens (including phenoxy) is 1. The first kappa shape index (κ1) is 23.7. The number of rotatable bonds is 7. The summed E-state index contributed by atoms with van der Waals surface area (Å²) in [5.41, 5.74) is 0.689. The summed E-state index contributed by atoms with van der Waals surface area (Å²) in [5.74, 6) is 0.194. The maximum atomic E-state index is 13.1. The monoisotopic (exact) mass is 511 g/mol. The van der Waals surface area contributed by atoms with Crippen molar-refractivity contribution in [1.29, 1.82) is 0 Å². The van der Waals surface area contributed by atoms with Gasteiger partial charge in [0.2, 0.25) is 10.0 Å². The minimum atomic E-state index is -4.08. The number of thiazole rings is 1. The summed E-state index contributed by atoms with van der Waals surface area (Å²) >= 11 is 0.975. The SMILES string of the molecule is CCn1c(=O)sc2cc(S(=O)(=O)Nc3cc(S(=O)(=O)N4CCCCC4)ccc3OC)ccc21. The van der Waals surface area contributed by atoms with Crippen LogP contribution in [0.3, 0.4) is 0 Å². The number of sulfonamides is 2. The Morgan fingerprint density at radius 3 is 2.36 bits per heavy atom. The molecule has 0 bridgehead atoms. The van der Waals surface area contributed by atoms with E-state index in [9.17, 15) is 21.6 Å². The molecule has 178 valence electrons. The van der Waals surface area contributed by atoms with Gasteiger partial charge in [0.1, 0.15) is 5.75 Å². The highest BCUT2D eigenvalue weighted by atomic mass is 32.2. The van der Waals surface area contributed by atoms with Crippen molar-refractivity contribution < 1.29 is 21.6 Å². The van der Waals surface area contributed by atoms with Crippen LogP contribution in [0.1, 0.15) is 26.2 Å². The molecule has 0 amide bonds. The van der Waals surface area contributed by atoms with Gasteiger partial charge in [-0.1, -0.05) is 17.8 Å². The number of hydrogen-bond acceptors (Lipinski definition) is 7. The Labute approximate surface area is 196 Å². The molecule has 0 spiro atoms. The van der Waals surface area contributed by atoms with Crippen molar-refractivity contribution in [3.8, 4) is 5.75 Å². The zero-order valence-electron chi connectivity index (χ0n) is 18.3. The van der Waals surface area contributed by atoms with Crippen molar-refractivity contribution in [2.45, 2.75) is 42.5 Å². The van der Waals surface area contributed by atoms with E-state index in [1.807, 2.05) is 6.92 Å². The van der Waals surface area contributed by atoms with Gasteiger partial charge in [0.25, 0.3) is 10.0 Å². The molecular formula is C21H25N3O6S3. The van der Waals surface area contributed by atoms with Gasteiger partial charge in [-0.15, -0.1) is 0 Å². The molecule has 1 aromatic heterocycles. The molecule has 33 heavy (non-hydrogen) atoms. The van der Waals surface area contributed by atoms with E-state index in [-0.39, 0.29) is 26.1 Å². The van der Waals surface area contributed by atoms with E-state index < -0.39 is 20.0 Å². The van der Waals surface area contributed by atoms with Crippen molar-refractivity contribution in [2.75, 3.05) is 24.9 Å². The highest BCUT2D eigenvalue weighted by molar-refractivity contribution is 7.92. The minimum absolute atomic E-state index is 0.00315. The highest BCUT2D eigenvalue weighted by Crippen LogP contribution is 2.32. The van der Waals surface area contributed by atoms with Crippen molar-refractivity contribution in [3.05, 3.63) is 46.1 Å². The number of methoxy groups -OCH3 is 1. The van der Waals surface area contributed by atoms with Gasteiger partial charge in [-0.25, -0.2) is 16.8 Å². The molecule has 9 nitrogen and oxygen atoms in total. The molecular weight excluding hydrogens is 486 g/mol. The minimum Gasteiger partial charge on any atom is -0.495 e. The van der Waals surface area contributed by atoms with Crippen LogP contribution in [-0.2, 0) is 26.6 Å². The number of aromatic nitrogens is 1. The normalized spacial score (nSPS) is 15.6. The van der Waals surface area contributed by atoms with Gasteiger partial charge in [0.15, 0.2) is 0 Å². The number of hydrogen-bond donors (Lipinski definition) is 1. The summed E-state index contributed by atoms with van der Waals surface area (Å²) in [6.45, 7) is 3.21. The molecule has 0 saturated carbocycles. The first-order valence-electron chi connectivity index (χ1n) is 10.5. The van der Waals surface area contributed by atoms with Crippen LogP contribution < -0.4 is 14.3 Å². The molecule has 1 fully saturated rings. The van der Waals surface area contributed by atoms with Crippen LogP contribution in [0, 0.1) is 0 Å². The molecule has 1 aliphatic rings. The number of nitrogens with one attached hydrogen (secondary N) is 1. The fourth-order valence-corrected chi connectivity index (χ4v) is 7.60. The molecule has 1 N–H and O–H groups in total. The van der Waals surface area contributed by atoms with Crippen LogP contribution in [-0.4, -0.2) is 45.9 Å². The molecule has 2 aromatic carbocycles. The Morgan fingerprint density at radius 2 is 1.70 bits per heavy atom. The second-order valence-corrected chi connectivity index (χ2v) is 12.3. The van der Waals surface area contributed by atoms with E-state index in [1.54, 1.807) is 10.6 Å². The largest absolute Gasteiger partial charge is 0.495 e. The predicted octanol–water partition coefficient (Wildman–Crippen LogP) is 3.07. The van der Waals surface area contributed by atoms with E-state index in [0.717, 1.165) is 30.6 Å². The molecule has 0 radical (unpaired) electrons. The smallest absolute Gasteiger partial charge is 0.308 e. The highest BCUT2D eigenvalue weighted by Gasteiger charge is 2.27. The summed E-state index contributed by atoms with van der Waals surface area (Å²) in [6.07, 6.45) is 2.58. The van der Waals surface area contributed by atoms with Crippen molar-refractivity contribution >= 4 is 47.3 Å². The average Bonchev–Trinajstić information content (AvgIpc) is 3.13. The Hall–Kier alpha value is -2.41. The van der Waals surface area contributed by atoms with Crippen LogP contribution in [0.25, 0.3) is 10.2 Å². The number of aryl methyl sites for hydroxylation is 1. The van der Waals surface area contributed by atoms with E-state index >= 15 is 0 Å². The van der Waals surface area contributed by atoms with E-state index in [2.05, 4.69) is 4.72 Å². The van der Waals surface area contributed by atoms with Crippen LogP contribution in [0.5, 0.6) is 5.75 Å². The van der Waals surface area contributed by atoms with Gasteiger partial charge in [-0.2, -0.15) is 4.31 Å². The Balaban J connectivity index is 1.71. The third-order valence-electron chi connectivity index (χ3n) is 5.63. The lowest BCUT2D eigenvalue weighted by Crippen LogP contribution is -2.35. The standard InChI is InChI=1S/C21H25N3O6S3/c1-3-24-18-9-7-15(14-20(18)31-21(24)25)32(26,27)22-17-13-16(8-10-19(17)30-2)33(28,29)23-11-5-4-6-12-23/h7-10,13-14,22H,3-6,11-12H2,1-2H3. The Morgan fingerprint density at radius 1 is 1.00 bits per heavy atom. The van der Waals surface area contributed by atoms with Gasteiger partial charge < -0.3 is 4.74 Å². The Kier molecular flexibility index (Phi) is 6.54. The molecule has 0 atom stereocenters. The van der Waals surface area contributed by atoms with Gasteiger partial charge in [0.05, 0.1) is 32.8 Å². The second kappa shape index (κ2) is 9.09. The summed E-state index contributed by atoms with van der Waals surface area (Å²) in [7, 11) is -6.46. The number of fused-ring (bicyclic) bond motifs is 1. The number of anilines is 1. The topological polar surface area (TPSA) is 115 Å². The second-order valence-electron chi connectivity index (χ2n) is 7.67. The molecule has 4 rings (SSSR count). The molecule has 2 heterocycles. The molecule has 3 aromatic rings. The molecule has 1 saturated heterocycles. The predicted molar refractivity (Wildman–Crippen MR) is 128 cm³/mol. The molecule has 12 heteroatoms. The fourth-order valence-electron chi connectivity index (χ4n) is 3.90. The number of piperidine rings is 1. The third kappa shape index (κ3) is 4.52. The van der Waals surface area contributed by atoms with Gasteiger partial charge >= 0.3 is 4.87 Å². The van der Waals surface area contributed by atoms with Crippen LogP contribution in [0.4, 0.5) is 5.69 Å². The lowest BCUT2D eigenvalue weighted by Gasteiger charge is -2.26. The van der Waals surface area contributed by atoms with Crippen LogP contribution in [0.2, 0.25) is 0 Å². The van der Waals surface area contributed by atoms with E-state index in [0.29, 0.717) is 29.9 Å². The maximum absolute atomic E-state index is 13.1. The maximum Gasteiger partial charge on any atom is 0.308 e. The van der Waals surface area contributed by atoms with Gasteiger partial charge in [-0.05, 0) is 56.2 Å². The molecule has 1 aliphatic heterocycles. The lowest BCUT2D eigenvalue weighted by molar-refractivity contribution is 0.346. The third-order valence-corrected chi connectivity index (χ3v) is 9.83. The fraction of sp³-hybridized carbons (Fsp3) is 0.381. The first-order valence-corrected chi connectivity index (χ1v) is 14.3. The summed E-state index contributed by atoms with van der Waals surface area (Å²) < 4.78 is 63.6.